The van der Waals surface area contributed by atoms with E-state index in [9.17, 15) is 8.42 Å². The highest BCUT2D eigenvalue weighted by molar-refractivity contribution is 7.89. The molecule has 0 radical (unpaired) electrons. The molecule has 0 amide bonds. The van der Waals surface area contributed by atoms with Crippen LogP contribution in [0.5, 0.6) is 0 Å². The lowest BCUT2D eigenvalue weighted by Crippen LogP contribution is -2.37. The van der Waals surface area contributed by atoms with Crippen LogP contribution < -0.4 is 5.73 Å². The molecule has 1 aromatic heterocycles. The van der Waals surface area contributed by atoms with Gasteiger partial charge in [-0.3, -0.25) is 4.68 Å². The third-order valence-corrected chi connectivity index (χ3v) is 5.24. The van der Waals surface area contributed by atoms with Gasteiger partial charge in [0.1, 0.15) is 4.90 Å². The smallest absolute Gasteiger partial charge is 0.246 e. The van der Waals surface area contributed by atoms with Crippen molar-refractivity contribution >= 4 is 10.0 Å². The third-order valence-electron chi connectivity index (χ3n) is 3.20. The highest BCUT2D eigenvalue weighted by atomic mass is 32.2. The Hall–Kier alpha value is -0.920. The molecule has 2 N–H and O–H groups in total. The molecule has 0 aliphatic carbocycles. The summed E-state index contributed by atoms with van der Waals surface area (Å²) in [5.41, 5.74) is 5.43. The molecule has 110 valence electrons. The zero-order chi connectivity index (χ0) is 14.5. The summed E-state index contributed by atoms with van der Waals surface area (Å²) < 4.78 is 28.1. The van der Waals surface area contributed by atoms with E-state index in [1.165, 1.54) is 10.5 Å². The summed E-state index contributed by atoms with van der Waals surface area (Å²) in [6.45, 7) is 7.42. The van der Waals surface area contributed by atoms with Gasteiger partial charge in [0.2, 0.25) is 10.0 Å². The Morgan fingerprint density at radius 2 is 2.16 bits per heavy atom. The fourth-order valence-corrected chi connectivity index (χ4v) is 3.58. The lowest BCUT2D eigenvalue weighted by molar-refractivity contribution is 0.342. The molecule has 1 atom stereocenters. The van der Waals surface area contributed by atoms with Crippen molar-refractivity contribution in [3.05, 3.63) is 12.4 Å². The van der Waals surface area contributed by atoms with E-state index in [0.29, 0.717) is 19.6 Å². The molecule has 0 saturated heterocycles. The molecule has 19 heavy (non-hydrogen) atoms. The van der Waals surface area contributed by atoms with Crippen molar-refractivity contribution in [2.75, 3.05) is 13.1 Å². The van der Waals surface area contributed by atoms with Crippen molar-refractivity contribution in [1.29, 1.82) is 0 Å². The molecule has 6 nitrogen and oxygen atoms in total. The van der Waals surface area contributed by atoms with Gasteiger partial charge in [-0.15, -0.1) is 0 Å². The predicted molar refractivity (Wildman–Crippen MR) is 75.2 cm³/mol. The largest absolute Gasteiger partial charge is 0.330 e. The van der Waals surface area contributed by atoms with Gasteiger partial charge >= 0.3 is 0 Å². The average molecular weight is 288 g/mol. The summed E-state index contributed by atoms with van der Waals surface area (Å²) in [4.78, 5) is 0.256. The van der Waals surface area contributed by atoms with E-state index in [1.54, 1.807) is 10.9 Å². The van der Waals surface area contributed by atoms with Crippen molar-refractivity contribution in [3.8, 4) is 0 Å². The fourth-order valence-electron chi connectivity index (χ4n) is 1.91. The molecule has 0 fully saturated rings. The van der Waals surface area contributed by atoms with Gasteiger partial charge in [0.25, 0.3) is 0 Å². The van der Waals surface area contributed by atoms with Crippen molar-refractivity contribution in [2.24, 2.45) is 5.73 Å². The lowest BCUT2D eigenvalue weighted by atomic mass is 10.3. The molecule has 7 heteroatoms. The van der Waals surface area contributed by atoms with Gasteiger partial charge in [0.15, 0.2) is 0 Å². The number of rotatable bonds is 8. The lowest BCUT2D eigenvalue weighted by Gasteiger charge is -2.25. The Balaban J connectivity index is 2.95. The highest BCUT2D eigenvalue weighted by Crippen LogP contribution is 2.18. The van der Waals surface area contributed by atoms with Crippen molar-refractivity contribution < 1.29 is 8.42 Å². The molecule has 0 saturated carbocycles. The number of hydrogen-bond acceptors (Lipinski definition) is 4. The van der Waals surface area contributed by atoms with E-state index < -0.39 is 10.0 Å². The molecule has 0 aliphatic rings. The Kier molecular flexibility index (Phi) is 5.96. The second-order valence-electron chi connectivity index (χ2n) is 4.55. The van der Waals surface area contributed by atoms with Crippen LogP contribution >= 0.6 is 0 Å². The second-order valence-corrected chi connectivity index (χ2v) is 6.44. The summed E-state index contributed by atoms with van der Waals surface area (Å²) in [5, 5.41) is 4.08. The van der Waals surface area contributed by atoms with Gasteiger partial charge in [-0.1, -0.05) is 13.8 Å². The van der Waals surface area contributed by atoms with Crippen molar-refractivity contribution in [1.82, 2.24) is 14.1 Å². The second kappa shape index (κ2) is 7.02. The molecule has 0 aliphatic heterocycles. The maximum Gasteiger partial charge on any atom is 0.246 e. The minimum absolute atomic E-state index is 0.0117. The standard InChI is InChI=1S/C12H24N4O2S/c1-4-11(3)16(5-2)19(17,18)12-9-14-15(10-12)8-6-7-13/h9-11H,4-8,13H2,1-3H3. The number of hydrogen-bond donors (Lipinski definition) is 1. The first kappa shape index (κ1) is 16.1. The van der Waals surface area contributed by atoms with E-state index in [4.69, 9.17) is 5.73 Å². The van der Waals surface area contributed by atoms with E-state index in [-0.39, 0.29) is 10.9 Å². The monoisotopic (exact) mass is 288 g/mol. The molecule has 1 unspecified atom stereocenters. The Bertz CT molecular complexity index is 484. The Labute approximate surface area is 115 Å². The first-order chi connectivity index (χ1) is 8.97. The van der Waals surface area contributed by atoms with Crippen LogP contribution in [0.3, 0.4) is 0 Å². The summed E-state index contributed by atoms with van der Waals surface area (Å²) in [6.07, 6.45) is 4.56. The maximum absolute atomic E-state index is 12.5. The average Bonchev–Trinajstić information content (AvgIpc) is 2.86. The molecular formula is C12H24N4O2S. The number of nitrogens with two attached hydrogens (primary N) is 1. The SMILES string of the molecule is CCC(C)N(CC)S(=O)(=O)c1cnn(CCCN)c1. The molecule has 1 heterocycles. The molecule has 1 rings (SSSR count). The summed E-state index contributed by atoms with van der Waals surface area (Å²) in [6, 6.07) is -0.0117. The predicted octanol–water partition coefficient (Wildman–Crippen LogP) is 1.04. The molecule has 0 bridgehead atoms. The Morgan fingerprint density at radius 3 is 2.68 bits per heavy atom. The topological polar surface area (TPSA) is 81.2 Å². The van der Waals surface area contributed by atoms with Crippen LogP contribution in [0, 0.1) is 0 Å². The van der Waals surface area contributed by atoms with Gasteiger partial charge < -0.3 is 5.73 Å². The number of aromatic nitrogens is 2. The quantitative estimate of drug-likeness (QED) is 0.775. The summed E-state index contributed by atoms with van der Waals surface area (Å²) >= 11 is 0. The number of aryl methyl sites for hydroxylation is 1. The molecule has 0 aromatic carbocycles. The van der Waals surface area contributed by atoms with E-state index >= 15 is 0 Å². The number of nitrogens with zero attached hydrogens (tertiary/aromatic N) is 3. The maximum atomic E-state index is 12.5. The van der Waals surface area contributed by atoms with E-state index in [0.717, 1.165) is 12.8 Å². The normalized spacial score (nSPS) is 13.9. The van der Waals surface area contributed by atoms with Crippen LogP contribution in [0.1, 0.15) is 33.6 Å². The van der Waals surface area contributed by atoms with E-state index in [1.807, 2.05) is 20.8 Å². The summed E-state index contributed by atoms with van der Waals surface area (Å²) in [7, 11) is -3.45. The van der Waals surface area contributed by atoms with Gasteiger partial charge in [0, 0.05) is 25.3 Å². The van der Waals surface area contributed by atoms with Gasteiger partial charge in [-0.25, -0.2) is 8.42 Å². The Morgan fingerprint density at radius 1 is 1.47 bits per heavy atom. The third kappa shape index (κ3) is 3.77. The molecular weight excluding hydrogens is 264 g/mol. The molecule has 1 aromatic rings. The van der Waals surface area contributed by atoms with Crippen LogP contribution in [0.25, 0.3) is 0 Å². The fraction of sp³-hybridized carbons (Fsp3) is 0.750. The van der Waals surface area contributed by atoms with Crippen LogP contribution in [0.4, 0.5) is 0 Å². The van der Waals surface area contributed by atoms with Crippen LogP contribution in [0.2, 0.25) is 0 Å². The van der Waals surface area contributed by atoms with Crippen LogP contribution in [-0.4, -0.2) is 41.6 Å². The van der Waals surface area contributed by atoms with Crippen LogP contribution in [-0.2, 0) is 16.6 Å². The minimum Gasteiger partial charge on any atom is -0.330 e. The first-order valence-corrected chi connectivity index (χ1v) is 8.15. The zero-order valence-corrected chi connectivity index (χ0v) is 12.7. The first-order valence-electron chi connectivity index (χ1n) is 6.71. The van der Waals surface area contributed by atoms with Crippen LogP contribution in [0.15, 0.2) is 17.3 Å². The zero-order valence-electron chi connectivity index (χ0n) is 11.9. The van der Waals surface area contributed by atoms with E-state index in [2.05, 4.69) is 5.10 Å². The summed E-state index contributed by atoms with van der Waals surface area (Å²) in [5.74, 6) is 0. The van der Waals surface area contributed by atoms with Crippen molar-refractivity contribution in [2.45, 2.75) is 51.1 Å². The van der Waals surface area contributed by atoms with Gasteiger partial charge in [-0.2, -0.15) is 9.40 Å². The number of sulfonamides is 1. The van der Waals surface area contributed by atoms with Crippen molar-refractivity contribution in [3.63, 3.8) is 0 Å². The minimum atomic E-state index is -3.45. The molecule has 0 spiro atoms. The van der Waals surface area contributed by atoms with Gasteiger partial charge in [0.05, 0.1) is 6.20 Å². The highest BCUT2D eigenvalue weighted by Gasteiger charge is 2.27. The van der Waals surface area contributed by atoms with Gasteiger partial charge in [-0.05, 0) is 26.3 Å².